The summed E-state index contributed by atoms with van der Waals surface area (Å²) in [7, 11) is 4.05. The largest absolute Gasteiger partial charge is 0.378 e. The maximum atomic E-state index is 4.36. The van der Waals surface area contributed by atoms with Gasteiger partial charge in [0.2, 0.25) is 0 Å². The molecule has 0 aliphatic carbocycles. The number of halogens is 1. The summed E-state index contributed by atoms with van der Waals surface area (Å²) in [6, 6.07) is 14.2. The Morgan fingerprint density at radius 3 is 2.67 bits per heavy atom. The van der Waals surface area contributed by atoms with Crippen LogP contribution in [0.4, 0.5) is 17.2 Å². The molecule has 0 amide bonds. The van der Waals surface area contributed by atoms with Gasteiger partial charge < -0.3 is 10.2 Å². The van der Waals surface area contributed by atoms with Crippen LogP contribution in [0.2, 0.25) is 0 Å². The smallest absolute Gasteiger partial charge is 0.141 e. The van der Waals surface area contributed by atoms with E-state index in [1.54, 1.807) is 6.33 Å². The molecule has 2 aromatic carbocycles. The van der Waals surface area contributed by atoms with Gasteiger partial charge >= 0.3 is 0 Å². The average Bonchev–Trinajstić information content (AvgIpc) is 2.49. The van der Waals surface area contributed by atoms with Crippen LogP contribution in [-0.2, 0) is 0 Å². The molecular formula is C16H15BrN4. The third-order valence-electron chi connectivity index (χ3n) is 3.24. The first-order valence-electron chi connectivity index (χ1n) is 6.59. The molecule has 1 heterocycles. The highest BCUT2D eigenvalue weighted by Crippen LogP contribution is 2.28. The van der Waals surface area contributed by atoms with Crippen molar-refractivity contribution in [3.8, 4) is 0 Å². The Morgan fingerprint density at radius 2 is 1.86 bits per heavy atom. The first kappa shape index (κ1) is 13.8. The molecule has 0 spiro atoms. The van der Waals surface area contributed by atoms with E-state index in [1.165, 1.54) is 0 Å². The summed E-state index contributed by atoms with van der Waals surface area (Å²) < 4.78 is 0.965. The number of fused-ring (bicyclic) bond motifs is 1. The van der Waals surface area contributed by atoms with E-state index in [0.717, 1.165) is 32.6 Å². The maximum Gasteiger partial charge on any atom is 0.141 e. The van der Waals surface area contributed by atoms with Crippen LogP contribution in [0.1, 0.15) is 0 Å². The molecule has 1 aromatic heterocycles. The number of aromatic nitrogens is 2. The molecule has 0 atom stereocenters. The van der Waals surface area contributed by atoms with Gasteiger partial charge in [-0.05, 0) is 46.3 Å². The van der Waals surface area contributed by atoms with E-state index in [1.807, 2.05) is 44.4 Å². The number of nitrogens with one attached hydrogen (secondary N) is 1. The van der Waals surface area contributed by atoms with Gasteiger partial charge in [-0.25, -0.2) is 9.97 Å². The number of hydrogen-bond donors (Lipinski definition) is 1. The van der Waals surface area contributed by atoms with Crippen LogP contribution in [0.25, 0.3) is 10.9 Å². The van der Waals surface area contributed by atoms with Gasteiger partial charge in [-0.15, -0.1) is 0 Å². The van der Waals surface area contributed by atoms with Crippen LogP contribution in [0.5, 0.6) is 0 Å². The van der Waals surface area contributed by atoms with Gasteiger partial charge in [-0.2, -0.15) is 0 Å². The maximum absolute atomic E-state index is 4.36. The van der Waals surface area contributed by atoms with Crippen molar-refractivity contribution < 1.29 is 0 Å². The van der Waals surface area contributed by atoms with Crippen molar-refractivity contribution in [2.24, 2.45) is 0 Å². The molecule has 0 aliphatic rings. The first-order chi connectivity index (χ1) is 10.1. The topological polar surface area (TPSA) is 41.0 Å². The molecule has 3 rings (SSSR count). The molecule has 0 saturated heterocycles. The molecule has 5 heteroatoms. The third-order valence-corrected chi connectivity index (χ3v) is 3.88. The minimum Gasteiger partial charge on any atom is -0.378 e. The van der Waals surface area contributed by atoms with E-state index in [2.05, 4.69) is 48.2 Å². The Bertz CT molecular complexity index is 786. The molecule has 0 aliphatic heterocycles. The molecule has 21 heavy (non-hydrogen) atoms. The van der Waals surface area contributed by atoms with Gasteiger partial charge in [0, 0.05) is 35.3 Å². The second kappa shape index (κ2) is 5.69. The van der Waals surface area contributed by atoms with E-state index in [4.69, 9.17) is 0 Å². The fourth-order valence-corrected chi connectivity index (χ4v) is 2.62. The normalized spacial score (nSPS) is 10.6. The monoisotopic (exact) mass is 342 g/mol. The summed E-state index contributed by atoms with van der Waals surface area (Å²) in [5.74, 6) is 0.803. The molecule has 106 valence electrons. The second-order valence-electron chi connectivity index (χ2n) is 4.93. The van der Waals surface area contributed by atoms with E-state index >= 15 is 0 Å². The second-order valence-corrected chi connectivity index (χ2v) is 5.78. The number of rotatable bonds is 3. The van der Waals surface area contributed by atoms with Gasteiger partial charge in [0.15, 0.2) is 0 Å². The molecule has 0 saturated carbocycles. The highest BCUT2D eigenvalue weighted by Gasteiger charge is 2.07. The number of benzene rings is 2. The molecular weight excluding hydrogens is 328 g/mol. The number of para-hydroxylation sites is 1. The van der Waals surface area contributed by atoms with Crippen molar-refractivity contribution in [2.45, 2.75) is 0 Å². The molecule has 1 N–H and O–H groups in total. The van der Waals surface area contributed by atoms with Gasteiger partial charge in [0.05, 0.1) is 5.52 Å². The van der Waals surface area contributed by atoms with Gasteiger partial charge in [0.25, 0.3) is 0 Å². The van der Waals surface area contributed by atoms with Crippen molar-refractivity contribution in [3.05, 3.63) is 53.3 Å². The highest BCUT2D eigenvalue weighted by molar-refractivity contribution is 9.10. The first-order valence-corrected chi connectivity index (χ1v) is 7.38. The number of nitrogens with zero attached hydrogens (tertiary/aromatic N) is 3. The Kier molecular flexibility index (Phi) is 3.75. The third kappa shape index (κ3) is 2.83. The van der Waals surface area contributed by atoms with E-state index in [9.17, 15) is 0 Å². The van der Waals surface area contributed by atoms with Gasteiger partial charge in [-0.1, -0.05) is 12.1 Å². The lowest BCUT2D eigenvalue weighted by Gasteiger charge is -2.14. The summed E-state index contributed by atoms with van der Waals surface area (Å²) in [5.41, 5.74) is 3.04. The predicted octanol–water partition coefficient (Wildman–Crippen LogP) is 4.20. The number of hydrogen-bond acceptors (Lipinski definition) is 4. The number of anilines is 3. The molecule has 4 nitrogen and oxygen atoms in total. The standard InChI is InChI=1S/C16H15BrN4/c1-21(2)12-6-3-5-11(9-12)20-16-13-7-4-8-14(17)15(13)18-10-19-16/h3-10H,1-2H3,(H,18,19,20). The Labute approximate surface area is 132 Å². The van der Waals surface area contributed by atoms with E-state index < -0.39 is 0 Å². The molecule has 0 fully saturated rings. The predicted molar refractivity (Wildman–Crippen MR) is 91.3 cm³/mol. The zero-order valence-corrected chi connectivity index (χ0v) is 13.4. The van der Waals surface area contributed by atoms with Crippen molar-refractivity contribution in [2.75, 3.05) is 24.3 Å². The summed E-state index contributed by atoms with van der Waals surface area (Å²) >= 11 is 3.52. The van der Waals surface area contributed by atoms with Crippen LogP contribution in [0.3, 0.4) is 0 Å². The summed E-state index contributed by atoms with van der Waals surface area (Å²) in [6.07, 6.45) is 1.57. The molecule has 0 unspecified atom stereocenters. The van der Waals surface area contributed by atoms with Crippen LogP contribution < -0.4 is 10.2 Å². The fourth-order valence-electron chi connectivity index (χ4n) is 2.15. The van der Waals surface area contributed by atoms with Crippen LogP contribution in [0, 0.1) is 0 Å². The molecule has 3 aromatic rings. The molecule has 0 bridgehead atoms. The van der Waals surface area contributed by atoms with E-state index in [-0.39, 0.29) is 0 Å². The van der Waals surface area contributed by atoms with Crippen LogP contribution in [-0.4, -0.2) is 24.1 Å². The summed E-state index contributed by atoms with van der Waals surface area (Å²) in [5, 5.41) is 4.36. The molecule has 0 radical (unpaired) electrons. The SMILES string of the molecule is CN(C)c1cccc(Nc2ncnc3c(Br)cccc23)c1. The highest BCUT2D eigenvalue weighted by atomic mass is 79.9. The quantitative estimate of drug-likeness (QED) is 0.774. The minimum atomic E-state index is 0.803. The van der Waals surface area contributed by atoms with Crippen molar-refractivity contribution in [1.82, 2.24) is 9.97 Å². The fraction of sp³-hybridized carbons (Fsp3) is 0.125. The van der Waals surface area contributed by atoms with Crippen LogP contribution >= 0.6 is 15.9 Å². The van der Waals surface area contributed by atoms with E-state index in [0.29, 0.717) is 0 Å². The Balaban J connectivity index is 2.02. The minimum absolute atomic E-state index is 0.803. The van der Waals surface area contributed by atoms with Crippen LogP contribution in [0.15, 0.2) is 53.3 Å². The average molecular weight is 343 g/mol. The zero-order chi connectivity index (χ0) is 14.8. The zero-order valence-electron chi connectivity index (χ0n) is 11.8. The van der Waals surface area contributed by atoms with Crippen molar-refractivity contribution in [3.63, 3.8) is 0 Å². The van der Waals surface area contributed by atoms with Gasteiger partial charge in [-0.3, -0.25) is 0 Å². The van der Waals surface area contributed by atoms with Crippen molar-refractivity contribution in [1.29, 1.82) is 0 Å². The van der Waals surface area contributed by atoms with Crippen molar-refractivity contribution >= 4 is 44.0 Å². The van der Waals surface area contributed by atoms with Gasteiger partial charge in [0.1, 0.15) is 12.1 Å². The summed E-state index contributed by atoms with van der Waals surface area (Å²) in [4.78, 5) is 10.8. The Morgan fingerprint density at radius 1 is 1.05 bits per heavy atom. The summed E-state index contributed by atoms with van der Waals surface area (Å²) in [6.45, 7) is 0. The Hall–Kier alpha value is -2.14. The lowest BCUT2D eigenvalue weighted by Crippen LogP contribution is -2.08. The lowest BCUT2D eigenvalue weighted by atomic mass is 10.2. The lowest BCUT2D eigenvalue weighted by molar-refractivity contribution is 1.13.